The second-order valence-corrected chi connectivity index (χ2v) is 4.40. The van der Waals surface area contributed by atoms with Gasteiger partial charge in [0.25, 0.3) is 0 Å². The number of carboxylic acids is 1. The van der Waals surface area contributed by atoms with E-state index in [1.807, 2.05) is 43.3 Å². The number of fused-ring (bicyclic) bond motifs is 1. The average molecular weight is 244 g/mol. The van der Waals surface area contributed by atoms with Crippen LogP contribution < -0.4 is 4.74 Å². The van der Waals surface area contributed by atoms with E-state index in [4.69, 9.17) is 9.84 Å². The molecule has 1 atom stereocenters. The van der Waals surface area contributed by atoms with Gasteiger partial charge >= 0.3 is 5.97 Å². The molecule has 0 aliphatic carbocycles. The Morgan fingerprint density at radius 1 is 1.28 bits per heavy atom. The van der Waals surface area contributed by atoms with Gasteiger partial charge in [-0.3, -0.25) is 4.79 Å². The molecular formula is C15H16O3. The number of hydrogen-bond donors (Lipinski definition) is 1. The van der Waals surface area contributed by atoms with Crippen molar-refractivity contribution in [3.63, 3.8) is 0 Å². The smallest absolute Gasteiger partial charge is 0.303 e. The van der Waals surface area contributed by atoms with Gasteiger partial charge in [0.15, 0.2) is 0 Å². The Labute approximate surface area is 106 Å². The lowest BCUT2D eigenvalue weighted by Gasteiger charge is -2.17. The molecule has 18 heavy (non-hydrogen) atoms. The Hall–Kier alpha value is -2.03. The fourth-order valence-corrected chi connectivity index (χ4v) is 2.33. The van der Waals surface area contributed by atoms with Crippen LogP contribution in [0.15, 0.2) is 36.4 Å². The lowest BCUT2D eigenvalue weighted by molar-refractivity contribution is -0.137. The van der Waals surface area contributed by atoms with E-state index in [0.717, 1.165) is 22.1 Å². The van der Waals surface area contributed by atoms with Crippen LogP contribution in [0.2, 0.25) is 0 Å². The van der Waals surface area contributed by atoms with Crippen LogP contribution in [-0.2, 0) is 4.79 Å². The fraction of sp³-hybridized carbons (Fsp3) is 0.267. The summed E-state index contributed by atoms with van der Waals surface area (Å²) in [7, 11) is 1.61. The summed E-state index contributed by atoms with van der Waals surface area (Å²) in [4.78, 5) is 10.9. The van der Waals surface area contributed by atoms with Crippen LogP contribution in [0.5, 0.6) is 5.75 Å². The van der Waals surface area contributed by atoms with E-state index in [0.29, 0.717) is 0 Å². The normalized spacial score (nSPS) is 12.3. The SMILES string of the molecule is COc1ccc2ccccc2c1C(C)CC(=O)O. The van der Waals surface area contributed by atoms with Crippen LogP contribution >= 0.6 is 0 Å². The molecule has 2 aromatic rings. The van der Waals surface area contributed by atoms with Gasteiger partial charge in [0, 0.05) is 5.56 Å². The summed E-state index contributed by atoms with van der Waals surface area (Å²) >= 11 is 0. The van der Waals surface area contributed by atoms with Crippen LogP contribution in [0.1, 0.15) is 24.8 Å². The van der Waals surface area contributed by atoms with Crippen LogP contribution in [0.3, 0.4) is 0 Å². The van der Waals surface area contributed by atoms with Gasteiger partial charge in [-0.2, -0.15) is 0 Å². The molecule has 0 saturated heterocycles. The highest BCUT2D eigenvalue weighted by atomic mass is 16.5. The molecule has 3 nitrogen and oxygen atoms in total. The van der Waals surface area contributed by atoms with Crippen molar-refractivity contribution in [1.29, 1.82) is 0 Å². The number of carboxylic acid groups (broad SMARTS) is 1. The molecule has 0 fully saturated rings. The Bertz CT molecular complexity index is 575. The summed E-state index contributed by atoms with van der Waals surface area (Å²) in [5, 5.41) is 11.1. The first-order valence-corrected chi connectivity index (χ1v) is 5.91. The van der Waals surface area contributed by atoms with Crippen molar-refractivity contribution in [1.82, 2.24) is 0 Å². The minimum absolute atomic E-state index is 0.0800. The molecule has 0 aliphatic heterocycles. The highest BCUT2D eigenvalue weighted by Crippen LogP contribution is 2.35. The lowest BCUT2D eigenvalue weighted by atomic mass is 9.91. The Morgan fingerprint density at radius 2 is 2.00 bits per heavy atom. The van der Waals surface area contributed by atoms with Crippen molar-refractivity contribution in [3.05, 3.63) is 42.0 Å². The summed E-state index contributed by atoms with van der Waals surface area (Å²) in [6.07, 6.45) is 0.102. The minimum atomic E-state index is -0.794. The molecule has 0 aromatic heterocycles. The predicted octanol–water partition coefficient (Wildman–Crippen LogP) is 3.43. The molecule has 0 spiro atoms. The van der Waals surface area contributed by atoms with Crippen molar-refractivity contribution < 1.29 is 14.6 Å². The summed E-state index contributed by atoms with van der Waals surface area (Å²) in [5.74, 6) is -0.122. The maximum absolute atomic E-state index is 10.9. The molecule has 0 heterocycles. The van der Waals surface area contributed by atoms with E-state index < -0.39 is 5.97 Å². The van der Waals surface area contributed by atoms with Gasteiger partial charge in [0.1, 0.15) is 5.75 Å². The first-order valence-electron chi connectivity index (χ1n) is 5.91. The van der Waals surface area contributed by atoms with E-state index in [9.17, 15) is 4.79 Å². The van der Waals surface area contributed by atoms with E-state index in [2.05, 4.69) is 0 Å². The summed E-state index contributed by atoms with van der Waals surface area (Å²) < 4.78 is 5.36. The topological polar surface area (TPSA) is 46.5 Å². The third-order valence-electron chi connectivity index (χ3n) is 3.12. The molecule has 2 aromatic carbocycles. The molecule has 1 unspecified atom stereocenters. The van der Waals surface area contributed by atoms with Gasteiger partial charge in [0.05, 0.1) is 13.5 Å². The van der Waals surface area contributed by atoms with Gasteiger partial charge in [-0.25, -0.2) is 0 Å². The molecule has 0 aliphatic rings. The number of methoxy groups -OCH3 is 1. The quantitative estimate of drug-likeness (QED) is 0.896. The Balaban J connectivity index is 2.60. The summed E-state index contributed by atoms with van der Waals surface area (Å²) in [6, 6.07) is 11.8. The van der Waals surface area contributed by atoms with E-state index in [-0.39, 0.29) is 12.3 Å². The van der Waals surface area contributed by atoms with Crippen LogP contribution in [0, 0.1) is 0 Å². The summed E-state index contributed by atoms with van der Waals surface area (Å²) in [5.41, 5.74) is 0.970. The standard InChI is InChI=1S/C15H16O3/c1-10(9-14(16)17)15-12-6-4-3-5-11(12)7-8-13(15)18-2/h3-8,10H,9H2,1-2H3,(H,16,17). The third-order valence-corrected chi connectivity index (χ3v) is 3.12. The number of carbonyl (C=O) groups is 1. The fourth-order valence-electron chi connectivity index (χ4n) is 2.33. The molecule has 3 heteroatoms. The number of ether oxygens (including phenoxy) is 1. The van der Waals surface area contributed by atoms with Gasteiger partial charge in [-0.05, 0) is 22.8 Å². The number of rotatable bonds is 4. The molecule has 0 radical (unpaired) electrons. The number of aliphatic carboxylic acids is 1. The Kier molecular flexibility index (Phi) is 3.51. The minimum Gasteiger partial charge on any atom is -0.496 e. The second kappa shape index (κ2) is 5.08. The van der Waals surface area contributed by atoms with Crippen molar-refractivity contribution >= 4 is 16.7 Å². The molecule has 1 N–H and O–H groups in total. The van der Waals surface area contributed by atoms with Gasteiger partial charge in [-0.15, -0.1) is 0 Å². The maximum Gasteiger partial charge on any atom is 0.303 e. The first-order chi connectivity index (χ1) is 8.63. The van der Waals surface area contributed by atoms with Crippen molar-refractivity contribution in [2.24, 2.45) is 0 Å². The van der Waals surface area contributed by atoms with E-state index in [1.54, 1.807) is 7.11 Å². The van der Waals surface area contributed by atoms with Crippen LogP contribution in [0.25, 0.3) is 10.8 Å². The highest BCUT2D eigenvalue weighted by Gasteiger charge is 2.17. The van der Waals surface area contributed by atoms with Crippen LogP contribution in [0.4, 0.5) is 0 Å². The zero-order valence-corrected chi connectivity index (χ0v) is 10.5. The molecular weight excluding hydrogens is 228 g/mol. The van der Waals surface area contributed by atoms with E-state index in [1.165, 1.54) is 0 Å². The molecule has 0 saturated carbocycles. The molecule has 0 bridgehead atoms. The lowest BCUT2D eigenvalue weighted by Crippen LogP contribution is -2.05. The summed E-state index contributed by atoms with van der Waals surface area (Å²) in [6.45, 7) is 1.92. The van der Waals surface area contributed by atoms with Gasteiger partial charge < -0.3 is 9.84 Å². The first kappa shape index (κ1) is 12.4. The second-order valence-electron chi connectivity index (χ2n) is 4.40. The van der Waals surface area contributed by atoms with Gasteiger partial charge in [-0.1, -0.05) is 37.3 Å². The van der Waals surface area contributed by atoms with Gasteiger partial charge in [0.2, 0.25) is 0 Å². The number of benzene rings is 2. The van der Waals surface area contributed by atoms with Crippen molar-refractivity contribution in [2.45, 2.75) is 19.3 Å². The predicted molar refractivity (Wildman–Crippen MR) is 71.2 cm³/mol. The van der Waals surface area contributed by atoms with Crippen molar-refractivity contribution in [3.8, 4) is 5.75 Å². The van der Waals surface area contributed by atoms with Crippen molar-refractivity contribution in [2.75, 3.05) is 7.11 Å². The average Bonchev–Trinajstić information content (AvgIpc) is 2.36. The zero-order chi connectivity index (χ0) is 13.1. The zero-order valence-electron chi connectivity index (χ0n) is 10.5. The highest BCUT2D eigenvalue weighted by molar-refractivity contribution is 5.88. The number of hydrogen-bond acceptors (Lipinski definition) is 2. The largest absolute Gasteiger partial charge is 0.496 e. The van der Waals surface area contributed by atoms with E-state index >= 15 is 0 Å². The molecule has 94 valence electrons. The van der Waals surface area contributed by atoms with Crippen LogP contribution in [-0.4, -0.2) is 18.2 Å². The molecule has 0 amide bonds. The monoisotopic (exact) mass is 244 g/mol. The third kappa shape index (κ3) is 2.30. The molecule has 2 rings (SSSR count). The maximum atomic E-state index is 10.9. The Morgan fingerprint density at radius 3 is 2.67 bits per heavy atom.